The van der Waals surface area contributed by atoms with Crippen molar-refractivity contribution in [2.75, 3.05) is 6.54 Å². The van der Waals surface area contributed by atoms with Gasteiger partial charge >= 0.3 is 0 Å². The summed E-state index contributed by atoms with van der Waals surface area (Å²) in [5.74, 6) is 0.923. The summed E-state index contributed by atoms with van der Waals surface area (Å²) in [7, 11) is 0. The van der Waals surface area contributed by atoms with Gasteiger partial charge in [-0.25, -0.2) is 4.98 Å². The molecular weight excluding hydrogens is 395 g/mol. The van der Waals surface area contributed by atoms with Crippen LogP contribution in [-0.4, -0.2) is 21.4 Å². The monoisotopic (exact) mass is 408 g/mol. The number of H-pyrrole nitrogens is 1. The summed E-state index contributed by atoms with van der Waals surface area (Å²) in [6.07, 6.45) is 4.00. The largest absolute Gasteiger partial charge is 0.341 e. The van der Waals surface area contributed by atoms with Crippen LogP contribution < -0.4 is 5.32 Å². The Bertz CT molecular complexity index is 659. The fourth-order valence-corrected chi connectivity index (χ4v) is 2.92. The molecule has 0 radical (unpaired) electrons. The van der Waals surface area contributed by atoms with Gasteiger partial charge in [0, 0.05) is 11.6 Å². The van der Waals surface area contributed by atoms with Crippen LogP contribution in [0.5, 0.6) is 0 Å². The average molecular weight is 410 g/mol. The number of nitrogens with one attached hydrogen (secondary N) is 2. The number of halogens is 3. The summed E-state index contributed by atoms with van der Waals surface area (Å²) in [4.78, 5) is 18.1. The third kappa shape index (κ3) is 3.78. The molecule has 0 bridgehead atoms. The number of nitro benzene ring substituents is 1. The number of rotatable bonds is 3. The fraction of sp³-hybridized carbons (Fsp3) is 0.308. The lowest BCUT2D eigenvalue weighted by molar-refractivity contribution is -0.385. The maximum absolute atomic E-state index is 10.8. The van der Waals surface area contributed by atoms with Crippen molar-refractivity contribution in [2.45, 2.75) is 18.9 Å². The zero-order valence-electron chi connectivity index (χ0n) is 11.4. The van der Waals surface area contributed by atoms with Crippen LogP contribution in [0.15, 0.2) is 28.9 Å². The Morgan fingerprint density at radius 3 is 2.73 bits per heavy atom. The first-order valence-electron chi connectivity index (χ1n) is 6.38. The minimum absolute atomic E-state index is 0. The van der Waals surface area contributed by atoms with Crippen molar-refractivity contribution in [2.24, 2.45) is 0 Å². The highest BCUT2D eigenvalue weighted by atomic mass is 79.9. The molecule has 1 unspecified atom stereocenters. The first-order valence-corrected chi connectivity index (χ1v) is 7.17. The second kappa shape index (κ2) is 7.92. The lowest BCUT2D eigenvalue weighted by Gasteiger charge is -2.05. The lowest BCUT2D eigenvalue weighted by Crippen LogP contribution is -2.14. The Balaban J connectivity index is 0.00000121. The molecule has 3 rings (SSSR count). The first kappa shape index (κ1) is 18.9. The first-order chi connectivity index (χ1) is 9.65. The zero-order chi connectivity index (χ0) is 14.1. The van der Waals surface area contributed by atoms with Gasteiger partial charge in [0.2, 0.25) is 0 Å². The Morgan fingerprint density at radius 2 is 2.14 bits per heavy atom. The Labute approximate surface area is 148 Å². The molecule has 0 saturated carbocycles. The van der Waals surface area contributed by atoms with Gasteiger partial charge in [0.25, 0.3) is 5.69 Å². The molecule has 120 valence electrons. The van der Waals surface area contributed by atoms with Crippen LogP contribution in [0.2, 0.25) is 0 Å². The van der Waals surface area contributed by atoms with Crippen LogP contribution in [0.3, 0.4) is 0 Å². The van der Waals surface area contributed by atoms with E-state index in [1.807, 2.05) is 0 Å². The molecular formula is C13H15BrCl2N4O2. The maximum Gasteiger partial charge on any atom is 0.283 e. The van der Waals surface area contributed by atoms with Gasteiger partial charge in [0.05, 0.1) is 27.3 Å². The molecule has 1 aliphatic heterocycles. The van der Waals surface area contributed by atoms with Crippen molar-refractivity contribution in [1.82, 2.24) is 15.3 Å². The highest BCUT2D eigenvalue weighted by molar-refractivity contribution is 9.10. The highest BCUT2D eigenvalue weighted by Gasteiger charge is 2.20. The van der Waals surface area contributed by atoms with Gasteiger partial charge in [-0.2, -0.15) is 0 Å². The topological polar surface area (TPSA) is 83.8 Å². The van der Waals surface area contributed by atoms with E-state index >= 15 is 0 Å². The van der Waals surface area contributed by atoms with E-state index in [1.165, 1.54) is 6.07 Å². The third-order valence-electron chi connectivity index (χ3n) is 3.44. The number of aromatic amines is 1. The summed E-state index contributed by atoms with van der Waals surface area (Å²) >= 11 is 3.23. The van der Waals surface area contributed by atoms with Gasteiger partial charge < -0.3 is 10.3 Å². The van der Waals surface area contributed by atoms with Crippen molar-refractivity contribution >= 4 is 46.4 Å². The van der Waals surface area contributed by atoms with Crippen LogP contribution in [0, 0.1) is 10.1 Å². The number of nitro groups is 1. The summed E-state index contributed by atoms with van der Waals surface area (Å²) in [6.45, 7) is 1.02. The van der Waals surface area contributed by atoms with Gasteiger partial charge in [0.1, 0.15) is 5.82 Å². The molecule has 9 heteroatoms. The zero-order valence-corrected chi connectivity index (χ0v) is 14.6. The lowest BCUT2D eigenvalue weighted by atomic mass is 10.1. The molecule has 6 nitrogen and oxygen atoms in total. The maximum atomic E-state index is 10.8. The van der Waals surface area contributed by atoms with Crippen molar-refractivity contribution in [1.29, 1.82) is 0 Å². The Kier molecular flexibility index (Phi) is 6.80. The molecule has 1 saturated heterocycles. The van der Waals surface area contributed by atoms with Crippen LogP contribution in [0.1, 0.15) is 24.7 Å². The van der Waals surface area contributed by atoms with Crippen molar-refractivity contribution in [3.8, 4) is 11.3 Å². The normalized spacial score (nSPS) is 16.7. The van der Waals surface area contributed by atoms with Gasteiger partial charge in [-0.05, 0) is 47.4 Å². The molecule has 0 spiro atoms. The van der Waals surface area contributed by atoms with Crippen molar-refractivity contribution in [3.05, 3.63) is 44.8 Å². The number of aromatic nitrogens is 2. The minimum Gasteiger partial charge on any atom is -0.341 e. The predicted octanol–water partition coefficient (Wildman–Crippen LogP) is 4.02. The molecule has 22 heavy (non-hydrogen) atoms. The molecule has 1 atom stereocenters. The summed E-state index contributed by atoms with van der Waals surface area (Å²) < 4.78 is 0.468. The SMILES string of the molecule is Cl.Cl.O=[N+]([O-])c1ccc(-c2cnc(C3CCCN3)[nH]2)cc1Br. The predicted molar refractivity (Wildman–Crippen MR) is 92.9 cm³/mol. The number of hydrogen-bond acceptors (Lipinski definition) is 4. The molecule has 1 aromatic carbocycles. The summed E-state index contributed by atoms with van der Waals surface area (Å²) in [5, 5.41) is 14.2. The Morgan fingerprint density at radius 1 is 1.36 bits per heavy atom. The molecule has 0 amide bonds. The van der Waals surface area contributed by atoms with Crippen LogP contribution in [0.25, 0.3) is 11.3 Å². The molecule has 2 heterocycles. The average Bonchev–Trinajstić information content (AvgIpc) is 3.09. The molecule has 2 aromatic rings. The van der Waals surface area contributed by atoms with Gasteiger partial charge in [0.15, 0.2) is 0 Å². The molecule has 0 aliphatic carbocycles. The molecule has 1 fully saturated rings. The highest BCUT2D eigenvalue weighted by Crippen LogP contribution is 2.30. The third-order valence-corrected chi connectivity index (χ3v) is 4.08. The Hall–Kier alpha value is -1.15. The number of imidazole rings is 1. The minimum atomic E-state index is -0.408. The number of nitrogens with zero attached hydrogens (tertiary/aromatic N) is 2. The van der Waals surface area contributed by atoms with E-state index in [1.54, 1.807) is 18.3 Å². The van der Waals surface area contributed by atoms with Gasteiger partial charge in [-0.15, -0.1) is 24.8 Å². The van der Waals surface area contributed by atoms with Crippen LogP contribution in [-0.2, 0) is 0 Å². The van der Waals surface area contributed by atoms with E-state index in [0.29, 0.717) is 4.47 Å². The number of hydrogen-bond donors (Lipinski definition) is 2. The van der Waals surface area contributed by atoms with E-state index in [4.69, 9.17) is 0 Å². The molecule has 2 N–H and O–H groups in total. The molecule has 1 aliphatic rings. The summed E-state index contributed by atoms with van der Waals surface area (Å²) in [6, 6.07) is 5.23. The van der Waals surface area contributed by atoms with Crippen LogP contribution >= 0.6 is 40.7 Å². The molecule has 1 aromatic heterocycles. The van der Waals surface area contributed by atoms with Crippen molar-refractivity contribution in [3.63, 3.8) is 0 Å². The fourth-order valence-electron chi connectivity index (χ4n) is 2.40. The van der Waals surface area contributed by atoms with E-state index in [0.717, 1.165) is 36.5 Å². The van der Waals surface area contributed by atoms with Gasteiger partial charge in [-0.3, -0.25) is 10.1 Å². The van der Waals surface area contributed by atoms with E-state index in [-0.39, 0.29) is 36.5 Å². The van der Waals surface area contributed by atoms with Crippen molar-refractivity contribution < 1.29 is 4.92 Å². The van der Waals surface area contributed by atoms with E-state index in [9.17, 15) is 10.1 Å². The quantitative estimate of drug-likeness (QED) is 0.592. The van der Waals surface area contributed by atoms with Crippen LogP contribution in [0.4, 0.5) is 5.69 Å². The second-order valence-corrected chi connectivity index (χ2v) is 5.61. The number of benzene rings is 1. The summed E-state index contributed by atoms with van der Waals surface area (Å²) in [5.41, 5.74) is 1.80. The smallest absolute Gasteiger partial charge is 0.283 e. The van der Waals surface area contributed by atoms with E-state index in [2.05, 4.69) is 31.2 Å². The standard InChI is InChI=1S/C13H13BrN4O2.2ClH/c14-9-6-8(3-4-12(9)18(19)20)11-7-16-13(17-11)10-2-1-5-15-10;;/h3-4,6-7,10,15H,1-2,5H2,(H,16,17);2*1H. The van der Waals surface area contributed by atoms with Gasteiger partial charge in [-0.1, -0.05) is 0 Å². The van der Waals surface area contributed by atoms with E-state index < -0.39 is 4.92 Å². The second-order valence-electron chi connectivity index (χ2n) is 4.75.